The SMILES string of the molecule is CC.CNC(=O)C(C)(C)CCOC(C)(C)C. The predicted octanol–water partition coefficient (Wildman–Crippen LogP) is 2.99. The molecule has 3 nitrogen and oxygen atoms in total. The van der Waals surface area contributed by atoms with Crippen LogP contribution in [0.4, 0.5) is 0 Å². The highest BCUT2D eigenvalue weighted by Crippen LogP contribution is 2.21. The molecule has 0 aliphatic carbocycles. The van der Waals surface area contributed by atoms with Gasteiger partial charge in [-0.2, -0.15) is 0 Å². The number of hydrogen-bond acceptors (Lipinski definition) is 2. The minimum absolute atomic E-state index is 0.0648. The Morgan fingerprint density at radius 1 is 1.12 bits per heavy atom. The number of carbonyl (C=O) groups excluding carboxylic acids is 1. The Balaban J connectivity index is 0. The highest BCUT2D eigenvalue weighted by Gasteiger charge is 2.26. The third-order valence-electron chi connectivity index (χ3n) is 2.10. The fraction of sp³-hybridized carbons (Fsp3) is 0.923. The second kappa shape index (κ2) is 7.66. The smallest absolute Gasteiger partial charge is 0.225 e. The van der Waals surface area contributed by atoms with Gasteiger partial charge in [0, 0.05) is 19.1 Å². The summed E-state index contributed by atoms with van der Waals surface area (Å²) < 4.78 is 5.58. The van der Waals surface area contributed by atoms with Crippen molar-refractivity contribution in [3.05, 3.63) is 0 Å². The van der Waals surface area contributed by atoms with Gasteiger partial charge < -0.3 is 10.1 Å². The van der Waals surface area contributed by atoms with E-state index in [0.29, 0.717) is 6.61 Å². The number of rotatable bonds is 4. The van der Waals surface area contributed by atoms with Gasteiger partial charge in [0.2, 0.25) is 5.91 Å². The average Bonchev–Trinajstić information content (AvgIpc) is 2.17. The minimum Gasteiger partial charge on any atom is -0.376 e. The van der Waals surface area contributed by atoms with Crippen LogP contribution in [0.3, 0.4) is 0 Å². The first kappa shape index (κ1) is 17.8. The van der Waals surface area contributed by atoms with Gasteiger partial charge >= 0.3 is 0 Å². The van der Waals surface area contributed by atoms with Crippen molar-refractivity contribution < 1.29 is 9.53 Å². The van der Waals surface area contributed by atoms with Gasteiger partial charge in [0.25, 0.3) is 0 Å². The van der Waals surface area contributed by atoms with Crippen LogP contribution in [0.15, 0.2) is 0 Å². The largest absolute Gasteiger partial charge is 0.376 e. The summed E-state index contributed by atoms with van der Waals surface area (Å²) in [6, 6.07) is 0. The van der Waals surface area contributed by atoms with E-state index >= 15 is 0 Å². The first-order chi connectivity index (χ1) is 7.19. The normalized spacial score (nSPS) is 11.5. The van der Waals surface area contributed by atoms with E-state index in [1.54, 1.807) is 7.05 Å². The summed E-state index contributed by atoms with van der Waals surface area (Å²) in [4.78, 5) is 11.4. The van der Waals surface area contributed by atoms with Gasteiger partial charge in [-0.05, 0) is 27.2 Å². The van der Waals surface area contributed by atoms with Crippen molar-refractivity contribution in [3.63, 3.8) is 0 Å². The summed E-state index contributed by atoms with van der Waals surface area (Å²) in [5.41, 5.74) is -0.473. The monoisotopic (exact) mass is 231 g/mol. The summed E-state index contributed by atoms with van der Waals surface area (Å²) in [5.74, 6) is 0.0648. The van der Waals surface area contributed by atoms with E-state index in [1.165, 1.54) is 0 Å². The van der Waals surface area contributed by atoms with Crippen molar-refractivity contribution >= 4 is 5.91 Å². The van der Waals surface area contributed by atoms with Crippen molar-refractivity contribution in [2.24, 2.45) is 5.41 Å². The highest BCUT2D eigenvalue weighted by molar-refractivity contribution is 5.81. The molecule has 0 spiro atoms. The second-order valence-electron chi connectivity index (χ2n) is 5.17. The van der Waals surface area contributed by atoms with E-state index in [-0.39, 0.29) is 16.9 Å². The summed E-state index contributed by atoms with van der Waals surface area (Å²) in [7, 11) is 1.66. The Bertz CT molecular complexity index is 193. The molecule has 0 saturated heterocycles. The molecule has 0 fully saturated rings. The lowest BCUT2D eigenvalue weighted by Gasteiger charge is -2.25. The fourth-order valence-electron chi connectivity index (χ4n) is 1.06. The number of nitrogens with one attached hydrogen (secondary N) is 1. The van der Waals surface area contributed by atoms with E-state index in [4.69, 9.17) is 4.74 Å². The molecule has 16 heavy (non-hydrogen) atoms. The molecule has 0 aromatic heterocycles. The molecule has 0 saturated carbocycles. The average molecular weight is 231 g/mol. The van der Waals surface area contributed by atoms with Crippen LogP contribution in [0.5, 0.6) is 0 Å². The Hall–Kier alpha value is -0.570. The van der Waals surface area contributed by atoms with Gasteiger partial charge in [-0.15, -0.1) is 0 Å². The Labute approximate surface area is 101 Å². The van der Waals surface area contributed by atoms with Crippen LogP contribution in [0.2, 0.25) is 0 Å². The lowest BCUT2D eigenvalue weighted by molar-refractivity contribution is -0.130. The Morgan fingerprint density at radius 2 is 1.56 bits per heavy atom. The minimum atomic E-state index is -0.347. The highest BCUT2D eigenvalue weighted by atomic mass is 16.5. The molecule has 0 atom stereocenters. The standard InChI is InChI=1S/C11H23NO2.C2H6/c1-10(2,3)14-8-7-11(4,5)9(13)12-6;1-2/h7-8H2,1-6H3,(H,12,13);1-2H3. The van der Waals surface area contributed by atoms with E-state index in [1.807, 2.05) is 48.5 Å². The van der Waals surface area contributed by atoms with Crippen LogP contribution in [-0.4, -0.2) is 25.2 Å². The van der Waals surface area contributed by atoms with Crippen molar-refractivity contribution in [1.29, 1.82) is 0 Å². The molecular formula is C13H29NO2. The van der Waals surface area contributed by atoms with Crippen LogP contribution in [0.25, 0.3) is 0 Å². The predicted molar refractivity (Wildman–Crippen MR) is 69.5 cm³/mol. The van der Waals surface area contributed by atoms with Crippen LogP contribution in [-0.2, 0) is 9.53 Å². The van der Waals surface area contributed by atoms with E-state index in [2.05, 4.69) is 5.32 Å². The second-order valence-corrected chi connectivity index (χ2v) is 5.17. The third kappa shape index (κ3) is 8.72. The van der Waals surface area contributed by atoms with Gasteiger partial charge in [0.05, 0.1) is 5.60 Å². The fourth-order valence-corrected chi connectivity index (χ4v) is 1.06. The quantitative estimate of drug-likeness (QED) is 0.807. The molecule has 0 aromatic carbocycles. The first-order valence-electron chi connectivity index (χ1n) is 6.05. The lowest BCUT2D eigenvalue weighted by Crippen LogP contribution is -2.36. The van der Waals surface area contributed by atoms with Gasteiger partial charge in [0.15, 0.2) is 0 Å². The zero-order valence-corrected chi connectivity index (χ0v) is 12.2. The lowest BCUT2D eigenvalue weighted by atomic mass is 9.89. The molecule has 3 heteroatoms. The van der Waals surface area contributed by atoms with E-state index < -0.39 is 0 Å². The molecule has 0 bridgehead atoms. The molecule has 0 aromatic rings. The zero-order valence-electron chi connectivity index (χ0n) is 12.2. The van der Waals surface area contributed by atoms with Crippen LogP contribution < -0.4 is 5.32 Å². The summed E-state index contributed by atoms with van der Waals surface area (Å²) in [5, 5.41) is 2.66. The number of hydrogen-bond donors (Lipinski definition) is 1. The van der Waals surface area contributed by atoms with Gasteiger partial charge in [-0.25, -0.2) is 0 Å². The van der Waals surface area contributed by atoms with Crippen LogP contribution >= 0.6 is 0 Å². The topological polar surface area (TPSA) is 38.3 Å². The van der Waals surface area contributed by atoms with Crippen molar-refractivity contribution in [2.75, 3.05) is 13.7 Å². The van der Waals surface area contributed by atoms with Crippen molar-refractivity contribution in [2.45, 2.75) is 60.5 Å². The maximum absolute atomic E-state index is 11.4. The molecule has 1 N–H and O–H groups in total. The first-order valence-corrected chi connectivity index (χ1v) is 6.05. The molecule has 0 aliphatic rings. The summed E-state index contributed by atoms with van der Waals surface area (Å²) in [6.45, 7) is 14.5. The molecule has 1 amide bonds. The number of amides is 1. The zero-order chi connectivity index (χ0) is 13.4. The molecule has 0 aliphatic heterocycles. The summed E-state index contributed by atoms with van der Waals surface area (Å²) >= 11 is 0. The van der Waals surface area contributed by atoms with Crippen molar-refractivity contribution in [3.8, 4) is 0 Å². The number of ether oxygens (including phenoxy) is 1. The van der Waals surface area contributed by atoms with E-state index in [9.17, 15) is 4.79 Å². The number of carbonyl (C=O) groups is 1. The van der Waals surface area contributed by atoms with E-state index in [0.717, 1.165) is 6.42 Å². The molecule has 0 unspecified atom stereocenters. The summed E-state index contributed by atoms with van der Waals surface area (Å²) in [6.07, 6.45) is 0.740. The Kier molecular flexibility index (Phi) is 8.53. The molecule has 0 radical (unpaired) electrons. The maximum atomic E-state index is 11.4. The van der Waals surface area contributed by atoms with Crippen LogP contribution in [0.1, 0.15) is 54.9 Å². The van der Waals surface area contributed by atoms with Gasteiger partial charge in [0.1, 0.15) is 0 Å². The molecule has 0 rings (SSSR count). The third-order valence-corrected chi connectivity index (χ3v) is 2.10. The molecular weight excluding hydrogens is 202 g/mol. The molecule has 0 heterocycles. The maximum Gasteiger partial charge on any atom is 0.225 e. The van der Waals surface area contributed by atoms with Gasteiger partial charge in [-0.3, -0.25) is 4.79 Å². The Morgan fingerprint density at radius 3 is 1.88 bits per heavy atom. The van der Waals surface area contributed by atoms with Crippen LogP contribution in [0, 0.1) is 5.41 Å². The molecule has 98 valence electrons. The van der Waals surface area contributed by atoms with Crippen molar-refractivity contribution in [1.82, 2.24) is 5.32 Å². The van der Waals surface area contributed by atoms with Gasteiger partial charge in [-0.1, -0.05) is 27.7 Å².